The van der Waals surface area contributed by atoms with Crippen LogP contribution in [0, 0.1) is 0 Å². The third kappa shape index (κ3) is 7.60. The summed E-state index contributed by atoms with van der Waals surface area (Å²) in [7, 11) is 1.70. The molecule has 4 rings (SSSR count). The van der Waals surface area contributed by atoms with Gasteiger partial charge in [0.25, 0.3) is 5.91 Å². The molecule has 0 radical (unpaired) electrons. The van der Waals surface area contributed by atoms with Crippen molar-refractivity contribution in [3.05, 3.63) is 53.4 Å². The van der Waals surface area contributed by atoms with Crippen molar-refractivity contribution in [2.75, 3.05) is 64.5 Å². The van der Waals surface area contributed by atoms with Crippen LogP contribution in [0.4, 0.5) is 18.9 Å². The van der Waals surface area contributed by atoms with E-state index in [9.17, 15) is 18.0 Å². The summed E-state index contributed by atoms with van der Waals surface area (Å²) in [6.45, 7) is 10.7. The van der Waals surface area contributed by atoms with Gasteiger partial charge in [0.2, 0.25) is 0 Å². The number of aliphatic imine (C=N–C) groups is 1. The lowest BCUT2D eigenvalue weighted by molar-refractivity contribution is -0.137. The maximum atomic E-state index is 13.5. The first kappa shape index (κ1) is 30.9. The molecule has 12 heteroatoms. The van der Waals surface area contributed by atoms with Crippen LogP contribution in [0.5, 0.6) is 0 Å². The van der Waals surface area contributed by atoms with Gasteiger partial charge in [0.15, 0.2) is 0 Å². The highest BCUT2D eigenvalue weighted by atomic mass is 19.4. The minimum absolute atomic E-state index is 0.0254. The molecule has 3 saturated heterocycles. The highest BCUT2D eigenvalue weighted by Crippen LogP contribution is 2.32. The molecule has 2 unspecified atom stereocenters. The minimum atomic E-state index is -4.38. The number of nitrogens with two attached hydrogens (primary N) is 1. The standard InChI is InChI=1S/C29H41F3N6O3/c1-20(21(2)36-12-14-37(15-13-36)24-6-4-5-22(17-24)29(30,31)32)27(34-19-33)28(39)38-10-7-23(8-11-38)35-25-9-16-41-18-26(25)40-3/h4-6,17,19,23,25-26,35H,2,7-16,18H2,1,3H3,(H2,33,34)/b27-20-. The molecule has 0 aliphatic carbocycles. The zero-order chi connectivity index (χ0) is 29.6. The number of likely N-dealkylation sites (tertiary alicyclic amines) is 1. The number of nitrogens with one attached hydrogen (secondary N) is 1. The zero-order valence-corrected chi connectivity index (χ0v) is 23.8. The lowest BCUT2D eigenvalue weighted by Crippen LogP contribution is -2.54. The Bertz CT molecular complexity index is 1130. The van der Waals surface area contributed by atoms with Crippen LogP contribution in [0.3, 0.4) is 0 Å². The predicted molar refractivity (Wildman–Crippen MR) is 153 cm³/mol. The van der Waals surface area contributed by atoms with Gasteiger partial charge in [0, 0.05) is 82.0 Å². The summed E-state index contributed by atoms with van der Waals surface area (Å²) in [6, 6.07) is 5.90. The molecule has 3 aliphatic heterocycles. The van der Waals surface area contributed by atoms with Crippen LogP contribution in [-0.4, -0.2) is 99.8 Å². The van der Waals surface area contributed by atoms with E-state index < -0.39 is 11.7 Å². The molecule has 226 valence electrons. The number of hydrogen-bond donors (Lipinski definition) is 2. The molecular weight excluding hydrogens is 537 g/mol. The van der Waals surface area contributed by atoms with Gasteiger partial charge in [0.05, 0.1) is 24.6 Å². The number of ether oxygens (including phenoxy) is 2. The van der Waals surface area contributed by atoms with E-state index in [-0.39, 0.29) is 29.8 Å². The first-order valence-corrected chi connectivity index (χ1v) is 14.1. The first-order valence-electron chi connectivity index (χ1n) is 14.1. The Labute approximate surface area is 239 Å². The molecule has 0 bridgehead atoms. The van der Waals surface area contributed by atoms with E-state index >= 15 is 0 Å². The van der Waals surface area contributed by atoms with Crippen LogP contribution in [0.25, 0.3) is 0 Å². The fraction of sp³-hybridized carbons (Fsp3) is 0.586. The largest absolute Gasteiger partial charge is 0.416 e. The summed E-state index contributed by atoms with van der Waals surface area (Å²) in [5.74, 6) is -0.188. The Morgan fingerprint density at radius 1 is 1.15 bits per heavy atom. The lowest BCUT2D eigenvalue weighted by Gasteiger charge is -2.39. The summed E-state index contributed by atoms with van der Waals surface area (Å²) in [5, 5.41) is 3.70. The van der Waals surface area contributed by atoms with Crippen LogP contribution in [-0.2, 0) is 20.4 Å². The van der Waals surface area contributed by atoms with Crippen LogP contribution >= 0.6 is 0 Å². The highest BCUT2D eigenvalue weighted by molar-refractivity contribution is 5.95. The molecule has 0 aromatic heterocycles. The molecule has 9 nitrogen and oxygen atoms in total. The molecule has 1 amide bonds. The van der Waals surface area contributed by atoms with Gasteiger partial charge in [-0.1, -0.05) is 12.6 Å². The van der Waals surface area contributed by atoms with Gasteiger partial charge in [-0.25, -0.2) is 4.99 Å². The average Bonchev–Trinajstić information content (AvgIpc) is 2.99. The van der Waals surface area contributed by atoms with E-state index in [0.29, 0.717) is 69.4 Å². The molecular formula is C29H41F3N6O3. The van der Waals surface area contributed by atoms with Crippen LogP contribution < -0.4 is 16.0 Å². The van der Waals surface area contributed by atoms with E-state index in [1.807, 2.05) is 16.7 Å². The van der Waals surface area contributed by atoms with Crippen LogP contribution in [0.15, 0.2) is 52.8 Å². The topological polar surface area (TPSA) is 95.7 Å². The third-order valence-electron chi connectivity index (χ3n) is 8.23. The number of halogens is 3. The van der Waals surface area contributed by atoms with Crippen molar-refractivity contribution in [2.45, 2.75) is 50.6 Å². The van der Waals surface area contributed by atoms with Crippen molar-refractivity contribution in [1.29, 1.82) is 0 Å². The zero-order valence-electron chi connectivity index (χ0n) is 23.8. The Morgan fingerprint density at radius 3 is 2.49 bits per heavy atom. The molecule has 0 saturated carbocycles. The maximum absolute atomic E-state index is 13.5. The molecule has 3 N–H and O–H groups in total. The summed E-state index contributed by atoms with van der Waals surface area (Å²) in [6.07, 6.45) is -0.708. The Hall–Kier alpha value is -3.09. The van der Waals surface area contributed by atoms with Gasteiger partial charge in [0.1, 0.15) is 5.70 Å². The van der Waals surface area contributed by atoms with Gasteiger partial charge in [-0.05, 0) is 44.4 Å². The number of carbonyl (C=O) groups is 1. The number of rotatable bonds is 8. The fourth-order valence-corrected chi connectivity index (χ4v) is 5.71. The van der Waals surface area contributed by atoms with E-state index in [2.05, 4.69) is 16.9 Å². The SMILES string of the molecule is C=C(/C(C)=C(\N=C/N)C(=O)N1CCC(NC2CCOCC2OC)CC1)N1CCN(c2cccc(C(F)(F)F)c2)CC1. The van der Waals surface area contributed by atoms with Crippen molar-refractivity contribution >= 4 is 17.9 Å². The molecule has 0 spiro atoms. The van der Waals surface area contributed by atoms with E-state index in [1.54, 1.807) is 18.1 Å². The van der Waals surface area contributed by atoms with E-state index in [0.717, 1.165) is 31.7 Å². The normalized spacial score (nSPS) is 23.6. The number of alkyl halides is 3. The summed E-state index contributed by atoms with van der Waals surface area (Å²) >= 11 is 0. The average molecular weight is 579 g/mol. The fourth-order valence-electron chi connectivity index (χ4n) is 5.71. The molecule has 2 atom stereocenters. The van der Waals surface area contributed by atoms with E-state index in [1.165, 1.54) is 12.1 Å². The third-order valence-corrected chi connectivity index (χ3v) is 8.23. The number of carbonyl (C=O) groups excluding carboxylic acids is 1. The predicted octanol–water partition coefficient (Wildman–Crippen LogP) is 2.99. The van der Waals surface area contributed by atoms with Crippen LogP contribution in [0.2, 0.25) is 0 Å². The second-order valence-corrected chi connectivity index (χ2v) is 10.7. The van der Waals surface area contributed by atoms with Crippen molar-refractivity contribution < 1.29 is 27.4 Å². The summed E-state index contributed by atoms with van der Waals surface area (Å²) in [4.78, 5) is 23.5. The molecule has 3 fully saturated rings. The monoisotopic (exact) mass is 578 g/mol. The number of allylic oxidation sites excluding steroid dienone is 1. The van der Waals surface area contributed by atoms with Crippen LogP contribution in [0.1, 0.15) is 31.7 Å². The molecule has 41 heavy (non-hydrogen) atoms. The second-order valence-electron chi connectivity index (χ2n) is 10.7. The summed E-state index contributed by atoms with van der Waals surface area (Å²) in [5.41, 5.74) is 7.05. The van der Waals surface area contributed by atoms with Gasteiger partial charge in [-0.2, -0.15) is 13.2 Å². The highest BCUT2D eigenvalue weighted by Gasteiger charge is 2.33. The summed E-state index contributed by atoms with van der Waals surface area (Å²) < 4.78 is 50.6. The maximum Gasteiger partial charge on any atom is 0.416 e. The Balaban J connectivity index is 1.35. The van der Waals surface area contributed by atoms with Gasteiger partial charge in [-0.15, -0.1) is 0 Å². The minimum Gasteiger partial charge on any atom is -0.390 e. The van der Waals surface area contributed by atoms with Gasteiger partial charge in [-0.3, -0.25) is 4.79 Å². The Morgan fingerprint density at radius 2 is 1.85 bits per heavy atom. The molecule has 1 aromatic carbocycles. The quantitative estimate of drug-likeness (QED) is 0.212. The number of hydrogen-bond acceptors (Lipinski definition) is 7. The van der Waals surface area contributed by atoms with Gasteiger partial charge < -0.3 is 35.2 Å². The number of nitrogens with zero attached hydrogens (tertiary/aromatic N) is 4. The number of piperidine rings is 1. The molecule has 1 aromatic rings. The number of anilines is 1. The molecule has 3 heterocycles. The number of piperazine rings is 1. The number of amides is 1. The van der Waals surface area contributed by atoms with Crippen molar-refractivity contribution in [2.24, 2.45) is 10.7 Å². The van der Waals surface area contributed by atoms with Crippen molar-refractivity contribution in [3.8, 4) is 0 Å². The number of benzene rings is 1. The van der Waals surface area contributed by atoms with Gasteiger partial charge >= 0.3 is 6.18 Å². The Kier molecular flexibility index (Phi) is 10.3. The van der Waals surface area contributed by atoms with Crippen molar-refractivity contribution in [1.82, 2.24) is 15.1 Å². The molecule has 3 aliphatic rings. The second kappa shape index (κ2) is 13.7. The number of methoxy groups -OCH3 is 1. The smallest absolute Gasteiger partial charge is 0.390 e. The van der Waals surface area contributed by atoms with Crippen molar-refractivity contribution in [3.63, 3.8) is 0 Å². The first-order chi connectivity index (χ1) is 19.6. The lowest BCUT2D eigenvalue weighted by atomic mass is 9.99. The van der Waals surface area contributed by atoms with E-state index in [4.69, 9.17) is 15.2 Å².